The summed E-state index contributed by atoms with van der Waals surface area (Å²) in [6.45, 7) is 2.37. The number of hydrogen-bond acceptors (Lipinski definition) is 6. The normalized spacial score (nSPS) is 24.1. The number of phenolic OH excluding ortho intramolecular Hbond substituents is 1. The highest BCUT2D eigenvalue weighted by Crippen LogP contribution is 2.39. The summed E-state index contributed by atoms with van der Waals surface area (Å²) in [5.41, 5.74) is 3.68. The topological polar surface area (TPSA) is 93.1 Å². The van der Waals surface area contributed by atoms with E-state index in [1.54, 1.807) is 25.3 Å². The molecule has 1 aromatic carbocycles. The minimum Gasteiger partial charge on any atom is -0.508 e. The highest BCUT2D eigenvalue weighted by molar-refractivity contribution is 7.92. The summed E-state index contributed by atoms with van der Waals surface area (Å²) in [7, 11) is -2.84. The van der Waals surface area contributed by atoms with Crippen molar-refractivity contribution in [1.29, 1.82) is 0 Å². The van der Waals surface area contributed by atoms with Gasteiger partial charge < -0.3 is 19.5 Å². The molecule has 0 radical (unpaired) electrons. The summed E-state index contributed by atoms with van der Waals surface area (Å²) in [6, 6.07) is 7.10. The molecule has 8 heteroatoms. The van der Waals surface area contributed by atoms with Gasteiger partial charge in [-0.05, 0) is 48.1 Å². The molecule has 0 unspecified atom stereocenters. The molecule has 2 aliphatic rings. The molecule has 0 spiro atoms. The van der Waals surface area contributed by atoms with E-state index < -0.39 is 28.3 Å². The Kier molecular flexibility index (Phi) is 7.21. The summed E-state index contributed by atoms with van der Waals surface area (Å²) in [4.78, 5) is 0. The maximum absolute atomic E-state index is 12.6. The fourth-order valence-electron chi connectivity index (χ4n) is 4.34. The molecule has 1 aromatic rings. The van der Waals surface area contributed by atoms with E-state index in [9.17, 15) is 18.5 Å². The second-order valence-electron chi connectivity index (χ2n) is 7.79. The Balaban J connectivity index is 1.81. The average Bonchev–Trinajstić information content (AvgIpc) is 2.90. The molecule has 0 amide bonds. The largest absolute Gasteiger partial charge is 0.508 e. The lowest BCUT2D eigenvalue weighted by molar-refractivity contribution is 0.166. The third-order valence-corrected chi connectivity index (χ3v) is 7.57. The molecule has 3 rings (SSSR count). The van der Waals surface area contributed by atoms with Gasteiger partial charge in [0.2, 0.25) is 0 Å². The number of allylic oxidation sites excluding steroid dienone is 1. The predicted octanol–water partition coefficient (Wildman–Crippen LogP) is 2.98. The fraction of sp³-hybridized carbons (Fsp3) is 0.524. The van der Waals surface area contributed by atoms with Crippen LogP contribution in [0.15, 0.2) is 41.0 Å². The number of rotatable bonds is 8. The summed E-state index contributed by atoms with van der Waals surface area (Å²) in [5, 5.41) is 19.1. The molecule has 2 N–H and O–H groups in total. The van der Waals surface area contributed by atoms with Crippen molar-refractivity contribution in [2.24, 2.45) is 0 Å². The molecule has 2 aliphatic heterocycles. The monoisotopic (exact) mass is 420 g/mol. The molecule has 0 aromatic heterocycles. The van der Waals surface area contributed by atoms with Crippen molar-refractivity contribution in [2.45, 2.75) is 50.3 Å². The second-order valence-corrected chi connectivity index (χ2v) is 9.97. The lowest BCUT2D eigenvalue weighted by Crippen LogP contribution is -2.42. The van der Waals surface area contributed by atoms with Crippen LogP contribution in [0.3, 0.4) is 0 Å². The van der Waals surface area contributed by atoms with Crippen LogP contribution in [0.1, 0.15) is 38.2 Å². The van der Waals surface area contributed by atoms with E-state index in [1.807, 2.05) is 6.07 Å². The van der Waals surface area contributed by atoms with E-state index in [4.69, 9.17) is 9.39 Å². The van der Waals surface area contributed by atoms with Gasteiger partial charge in [-0.3, -0.25) is 0 Å². The number of phenols is 1. The van der Waals surface area contributed by atoms with Gasteiger partial charge in [-0.1, -0.05) is 37.1 Å². The first kappa shape index (κ1) is 22.1. The van der Waals surface area contributed by atoms with Gasteiger partial charge in [0.05, 0.1) is 23.7 Å². The molecule has 1 fully saturated rings. The summed E-state index contributed by atoms with van der Waals surface area (Å²) in [6.07, 6.45) is 4.91. The molecule has 158 valence electrons. The van der Waals surface area contributed by atoms with Crippen molar-refractivity contribution >= 4 is 23.0 Å². The number of hydrogen-bond donors (Lipinski definition) is 2. The van der Waals surface area contributed by atoms with Crippen LogP contribution >= 0.6 is 0 Å². The second kappa shape index (κ2) is 9.47. The lowest BCUT2D eigenvalue weighted by Gasteiger charge is -2.32. The van der Waals surface area contributed by atoms with Crippen LogP contribution in [0.25, 0.3) is 6.08 Å². The van der Waals surface area contributed by atoms with E-state index in [1.165, 1.54) is 5.57 Å². The predicted molar refractivity (Wildman–Crippen MR) is 114 cm³/mol. The SMILES string of the molecule is CCC/C(=C\c1cccc(O)c1)CC[C@H]1OB(O)C[C@H]2C1=C(COC)CS2(=O)=O. The average molecular weight is 420 g/mol. The molecule has 0 saturated carbocycles. The third-order valence-electron chi connectivity index (χ3n) is 5.51. The smallest absolute Gasteiger partial charge is 0.456 e. The number of benzene rings is 1. The molecular weight excluding hydrogens is 391 g/mol. The Morgan fingerprint density at radius 3 is 2.86 bits per heavy atom. The Hall–Kier alpha value is -1.61. The van der Waals surface area contributed by atoms with Gasteiger partial charge in [0, 0.05) is 13.4 Å². The van der Waals surface area contributed by atoms with Crippen LogP contribution in [0, 0.1) is 0 Å². The Morgan fingerprint density at radius 1 is 1.38 bits per heavy atom. The van der Waals surface area contributed by atoms with Gasteiger partial charge in [0.1, 0.15) is 5.75 Å². The van der Waals surface area contributed by atoms with Crippen LogP contribution in [0.4, 0.5) is 0 Å². The van der Waals surface area contributed by atoms with E-state index in [-0.39, 0.29) is 24.4 Å². The number of methoxy groups -OCH3 is 1. The number of ether oxygens (including phenoxy) is 1. The van der Waals surface area contributed by atoms with Gasteiger partial charge in [-0.15, -0.1) is 0 Å². The van der Waals surface area contributed by atoms with Crippen molar-refractivity contribution in [3.8, 4) is 5.75 Å². The first-order valence-electron chi connectivity index (χ1n) is 10.1. The van der Waals surface area contributed by atoms with Gasteiger partial charge >= 0.3 is 7.12 Å². The molecule has 0 aliphatic carbocycles. The van der Waals surface area contributed by atoms with Crippen molar-refractivity contribution in [2.75, 3.05) is 19.5 Å². The standard InChI is InChI=1S/C21H29BO6S/c1-3-5-15(10-16-6-4-7-18(23)11-16)8-9-19-21-17(13-27-2)14-29(25,26)20(21)12-22(24)28-19/h4,6-7,10-11,19-20,23-24H,3,5,8-9,12-14H2,1-2H3/b15-10+/t19-,20+/m1/s1. The fourth-order valence-corrected chi connectivity index (χ4v) is 6.44. The maximum atomic E-state index is 12.6. The van der Waals surface area contributed by atoms with Crippen molar-refractivity contribution < 1.29 is 27.9 Å². The molecule has 1 saturated heterocycles. The molecular formula is C21H29BO6S. The van der Waals surface area contributed by atoms with Crippen molar-refractivity contribution in [1.82, 2.24) is 0 Å². The zero-order valence-corrected chi connectivity index (χ0v) is 17.8. The maximum Gasteiger partial charge on any atom is 0.456 e. The highest BCUT2D eigenvalue weighted by atomic mass is 32.2. The zero-order chi connectivity index (χ0) is 21.0. The summed E-state index contributed by atoms with van der Waals surface area (Å²) < 4.78 is 36.2. The number of aromatic hydroxyl groups is 1. The molecule has 2 heterocycles. The summed E-state index contributed by atoms with van der Waals surface area (Å²) in [5.74, 6) is 0.204. The highest BCUT2D eigenvalue weighted by Gasteiger charge is 2.48. The minimum atomic E-state index is -3.32. The van der Waals surface area contributed by atoms with Crippen LogP contribution < -0.4 is 0 Å². The van der Waals surface area contributed by atoms with Crippen molar-refractivity contribution in [3.05, 3.63) is 46.5 Å². The quantitative estimate of drug-likeness (QED) is 0.496. The van der Waals surface area contributed by atoms with Gasteiger partial charge in [-0.2, -0.15) is 0 Å². The van der Waals surface area contributed by atoms with Crippen molar-refractivity contribution in [3.63, 3.8) is 0 Å². The van der Waals surface area contributed by atoms with Gasteiger partial charge in [0.25, 0.3) is 0 Å². The first-order valence-corrected chi connectivity index (χ1v) is 11.8. The van der Waals surface area contributed by atoms with E-state index >= 15 is 0 Å². The van der Waals surface area contributed by atoms with Crippen LogP contribution in [0.2, 0.25) is 6.32 Å². The van der Waals surface area contributed by atoms with E-state index in [2.05, 4.69) is 13.0 Å². The Labute approximate surface area is 173 Å². The molecule has 6 nitrogen and oxygen atoms in total. The summed E-state index contributed by atoms with van der Waals surface area (Å²) >= 11 is 0. The van der Waals surface area contributed by atoms with Crippen LogP contribution in [-0.4, -0.2) is 56.5 Å². The van der Waals surface area contributed by atoms with Crippen LogP contribution in [0.5, 0.6) is 5.75 Å². The van der Waals surface area contributed by atoms with Gasteiger partial charge in [-0.25, -0.2) is 8.42 Å². The first-order chi connectivity index (χ1) is 13.8. The molecule has 29 heavy (non-hydrogen) atoms. The van der Waals surface area contributed by atoms with Crippen LogP contribution in [-0.2, 0) is 19.2 Å². The van der Waals surface area contributed by atoms with E-state index in [0.717, 1.165) is 36.0 Å². The third kappa shape index (κ3) is 5.31. The van der Waals surface area contributed by atoms with Gasteiger partial charge in [0.15, 0.2) is 9.84 Å². The number of sulfone groups is 1. The Bertz CT molecular complexity index is 892. The van der Waals surface area contributed by atoms with E-state index in [0.29, 0.717) is 6.42 Å². The lowest BCUT2D eigenvalue weighted by atomic mass is 9.74. The number of fused-ring (bicyclic) bond motifs is 1. The molecule has 2 atom stereocenters. The zero-order valence-electron chi connectivity index (χ0n) is 17.0. The molecule has 0 bridgehead atoms. The minimum absolute atomic E-state index is 0.0195. The Morgan fingerprint density at radius 2 is 2.17 bits per heavy atom.